The van der Waals surface area contributed by atoms with Crippen LogP contribution in [0.25, 0.3) is 0 Å². The third kappa shape index (κ3) is 8.49. The minimum atomic E-state index is 0.0544. The van der Waals surface area contributed by atoms with Gasteiger partial charge in [0.1, 0.15) is 0 Å². The van der Waals surface area contributed by atoms with Gasteiger partial charge >= 0.3 is 0 Å². The fourth-order valence-electron chi connectivity index (χ4n) is 7.51. The molecule has 7 rings (SSSR count). The quantitative estimate of drug-likeness (QED) is 0.120. The van der Waals surface area contributed by atoms with Crippen molar-refractivity contribution in [2.45, 2.75) is 51.7 Å². The maximum absolute atomic E-state index is 9.94. The summed E-state index contributed by atoms with van der Waals surface area (Å²) in [6, 6.07) is 60.6. The molecule has 2 heteroatoms. The van der Waals surface area contributed by atoms with Crippen LogP contribution in [-0.4, -0.2) is 10.2 Å². The van der Waals surface area contributed by atoms with Crippen molar-refractivity contribution >= 4 is 0 Å². The van der Waals surface area contributed by atoms with Crippen molar-refractivity contribution in [2.24, 2.45) is 0 Å². The highest BCUT2D eigenvalue weighted by atomic mass is 16.3. The molecular formula is C50H46O2. The maximum atomic E-state index is 9.94. The normalized spacial score (nSPS) is 11.1. The van der Waals surface area contributed by atoms with E-state index in [1.165, 1.54) is 66.8 Å². The molecule has 0 saturated carbocycles. The molecule has 0 unspecified atom stereocenters. The van der Waals surface area contributed by atoms with Crippen molar-refractivity contribution in [3.63, 3.8) is 0 Å². The Labute approximate surface area is 308 Å². The highest BCUT2D eigenvalue weighted by Crippen LogP contribution is 2.27. The Morgan fingerprint density at radius 2 is 0.308 bits per heavy atom. The van der Waals surface area contributed by atoms with Crippen LogP contribution in [0, 0.1) is 0 Å². The van der Waals surface area contributed by atoms with Crippen molar-refractivity contribution in [1.82, 2.24) is 0 Å². The topological polar surface area (TPSA) is 40.5 Å². The number of rotatable bonds is 14. The van der Waals surface area contributed by atoms with E-state index >= 15 is 0 Å². The van der Waals surface area contributed by atoms with Crippen LogP contribution in [0.4, 0.5) is 0 Å². The Morgan fingerprint density at radius 1 is 0.192 bits per heavy atom. The second-order valence-corrected chi connectivity index (χ2v) is 13.8. The number of hydrogen-bond donors (Lipinski definition) is 2. The molecule has 0 aliphatic heterocycles. The van der Waals surface area contributed by atoms with Crippen LogP contribution in [0.1, 0.15) is 77.9 Å². The average Bonchev–Trinajstić information content (AvgIpc) is 3.19. The standard InChI is InChI=1S/C50H46O2/c51-35-49-27-13-11-25-47(49)33-45-23-9-7-21-43(45)31-41-19-5-3-17-39(41)29-37-15-1-2-16-38(37)30-40-18-4-6-20-42(40)32-44-22-8-10-24-46(44)34-48-26-12-14-28-50(48)36-52/h1-28,51-52H,29-36H2. The monoisotopic (exact) mass is 678 g/mol. The average molecular weight is 679 g/mol. The molecule has 2 nitrogen and oxygen atoms in total. The van der Waals surface area contributed by atoms with Gasteiger partial charge in [-0.3, -0.25) is 0 Å². The summed E-state index contributed by atoms with van der Waals surface area (Å²) in [4.78, 5) is 0. The molecule has 0 aliphatic rings. The van der Waals surface area contributed by atoms with E-state index in [1.807, 2.05) is 24.3 Å². The number of benzene rings is 7. The lowest BCUT2D eigenvalue weighted by molar-refractivity contribution is 0.280. The zero-order chi connectivity index (χ0) is 35.5. The molecule has 0 spiro atoms. The smallest absolute Gasteiger partial charge is 0.0684 e. The molecule has 0 fully saturated rings. The molecule has 7 aromatic carbocycles. The summed E-state index contributed by atoms with van der Waals surface area (Å²) in [6.45, 7) is 0.109. The summed E-state index contributed by atoms with van der Waals surface area (Å²) in [5.74, 6) is 0. The van der Waals surface area contributed by atoms with Gasteiger partial charge in [-0.2, -0.15) is 0 Å². The summed E-state index contributed by atoms with van der Waals surface area (Å²) >= 11 is 0. The van der Waals surface area contributed by atoms with E-state index < -0.39 is 0 Å². The van der Waals surface area contributed by atoms with Crippen molar-refractivity contribution in [3.8, 4) is 0 Å². The molecule has 258 valence electrons. The van der Waals surface area contributed by atoms with Crippen LogP contribution in [-0.2, 0) is 51.7 Å². The van der Waals surface area contributed by atoms with Gasteiger partial charge in [-0.1, -0.05) is 170 Å². The Balaban J connectivity index is 1.12. The Bertz CT molecular complexity index is 2090. The lowest BCUT2D eigenvalue weighted by Crippen LogP contribution is -2.05. The van der Waals surface area contributed by atoms with E-state index in [4.69, 9.17) is 0 Å². The first-order valence-corrected chi connectivity index (χ1v) is 18.4. The molecule has 0 saturated heterocycles. The lowest BCUT2D eigenvalue weighted by Gasteiger charge is -2.17. The first kappa shape index (κ1) is 34.9. The van der Waals surface area contributed by atoms with Gasteiger partial charge in [0.2, 0.25) is 0 Å². The summed E-state index contributed by atoms with van der Waals surface area (Å²) in [7, 11) is 0. The molecule has 0 atom stereocenters. The van der Waals surface area contributed by atoms with Gasteiger partial charge in [-0.25, -0.2) is 0 Å². The minimum Gasteiger partial charge on any atom is -0.392 e. The predicted molar refractivity (Wildman–Crippen MR) is 214 cm³/mol. The summed E-state index contributed by atoms with van der Waals surface area (Å²) in [5.41, 5.74) is 17.7. The van der Waals surface area contributed by atoms with Gasteiger partial charge in [0.25, 0.3) is 0 Å². The Kier molecular flexibility index (Phi) is 11.5. The van der Waals surface area contributed by atoms with Crippen molar-refractivity contribution in [1.29, 1.82) is 0 Å². The van der Waals surface area contributed by atoms with E-state index in [-0.39, 0.29) is 13.2 Å². The fraction of sp³-hybridized carbons (Fsp3) is 0.160. The highest BCUT2D eigenvalue weighted by molar-refractivity contribution is 5.46. The Hall–Kier alpha value is -5.54. The van der Waals surface area contributed by atoms with Gasteiger partial charge in [0.05, 0.1) is 13.2 Å². The molecule has 0 bridgehead atoms. The first-order valence-electron chi connectivity index (χ1n) is 18.4. The molecule has 0 aromatic heterocycles. The number of aliphatic hydroxyl groups is 2. The van der Waals surface area contributed by atoms with E-state index in [2.05, 4.69) is 146 Å². The molecule has 0 aliphatic carbocycles. The second kappa shape index (κ2) is 17.1. The van der Waals surface area contributed by atoms with Crippen molar-refractivity contribution in [3.05, 3.63) is 248 Å². The third-order valence-electron chi connectivity index (χ3n) is 10.5. The summed E-state index contributed by atoms with van der Waals surface area (Å²) in [6.07, 6.45) is 5.07. The van der Waals surface area contributed by atoms with Crippen LogP contribution in [0.2, 0.25) is 0 Å². The highest BCUT2D eigenvalue weighted by Gasteiger charge is 2.14. The van der Waals surface area contributed by atoms with E-state index in [9.17, 15) is 10.2 Å². The lowest BCUT2D eigenvalue weighted by atomic mass is 9.88. The fourth-order valence-corrected chi connectivity index (χ4v) is 7.51. The summed E-state index contributed by atoms with van der Waals surface area (Å²) in [5, 5.41) is 19.9. The predicted octanol–water partition coefficient (Wildman–Crippen LogP) is 10.2. The van der Waals surface area contributed by atoms with Crippen LogP contribution in [0.5, 0.6) is 0 Å². The zero-order valence-electron chi connectivity index (χ0n) is 29.7. The first-order chi connectivity index (χ1) is 25.7. The maximum Gasteiger partial charge on any atom is 0.0684 e. The Morgan fingerprint density at radius 3 is 0.442 bits per heavy atom. The molecule has 52 heavy (non-hydrogen) atoms. The molecule has 7 aromatic rings. The van der Waals surface area contributed by atoms with Crippen molar-refractivity contribution < 1.29 is 10.2 Å². The zero-order valence-corrected chi connectivity index (χ0v) is 29.7. The van der Waals surface area contributed by atoms with E-state index in [1.54, 1.807) is 0 Å². The van der Waals surface area contributed by atoms with Crippen LogP contribution < -0.4 is 0 Å². The SMILES string of the molecule is OCc1ccccc1Cc1ccccc1Cc1ccccc1Cc1ccccc1Cc1ccccc1Cc1ccccc1Cc1ccccc1CO. The molecule has 0 amide bonds. The molecule has 0 heterocycles. The molecular weight excluding hydrogens is 633 g/mol. The number of aliphatic hydroxyl groups excluding tert-OH is 2. The van der Waals surface area contributed by atoms with Crippen LogP contribution in [0.3, 0.4) is 0 Å². The number of hydrogen-bond acceptors (Lipinski definition) is 2. The summed E-state index contributed by atoms with van der Waals surface area (Å²) < 4.78 is 0. The van der Waals surface area contributed by atoms with Crippen LogP contribution >= 0.6 is 0 Å². The van der Waals surface area contributed by atoms with Gasteiger partial charge in [0, 0.05) is 0 Å². The molecule has 2 N–H and O–H groups in total. The van der Waals surface area contributed by atoms with Gasteiger partial charge < -0.3 is 10.2 Å². The van der Waals surface area contributed by atoms with Gasteiger partial charge in [-0.05, 0) is 116 Å². The molecule has 0 radical (unpaired) electrons. The van der Waals surface area contributed by atoms with Gasteiger partial charge in [-0.15, -0.1) is 0 Å². The largest absolute Gasteiger partial charge is 0.392 e. The second-order valence-electron chi connectivity index (χ2n) is 13.8. The van der Waals surface area contributed by atoms with Crippen molar-refractivity contribution in [2.75, 3.05) is 0 Å². The third-order valence-corrected chi connectivity index (χ3v) is 10.5. The van der Waals surface area contributed by atoms with Crippen LogP contribution in [0.15, 0.2) is 170 Å². The van der Waals surface area contributed by atoms with E-state index in [0.717, 1.165) is 49.7 Å². The van der Waals surface area contributed by atoms with Gasteiger partial charge in [0.15, 0.2) is 0 Å². The van der Waals surface area contributed by atoms with E-state index in [0.29, 0.717) is 0 Å². The minimum absolute atomic E-state index is 0.0544.